The van der Waals surface area contributed by atoms with E-state index in [2.05, 4.69) is 4.90 Å². The molecule has 3 aromatic carbocycles. The largest absolute Gasteiger partial charge is 0.368 e. The zero-order valence-corrected chi connectivity index (χ0v) is 20.3. The highest BCUT2D eigenvalue weighted by Gasteiger charge is 2.26. The number of carbonyl (C=O) groups excluding carboxylic acids is 1. The second-order valence-electron chi connectivity index (χ2n) is 8.83. The van der Waals surface area contributed by atoms with Crippen LogP contribution in [-0.2, 0) is 26.9 Å². The van der Waals surface area contributed by atoms with Gasteiger partial charge in [-0.05, 0) is 36.4 Å². The fraction of sp³-hybridized carbons (Fsp3) is 0.222. The molecule has 0 radical (unpaired) electrons. The minimum absolute atomic E-state index is 0.00766. The molecule has 9 heteroatoms. The van der Waals surface area contributed by atoms with Crippen LogP contribution in [0.2, 0.25) is 0 Å². The molecule has 1 aliphatic rings. The third-order valence-corrected chi connectivity index (χ3v) is 8.21. The Bertz CT molecular complexity index is 1510. The number of nitrogens with zero attached hydrogens (tertiary/aromatic N) is 3. The molecule has 5 rings (SSSR count). The molecule has 186 valence electrons. The van der Waals surface area contributed by atoms with Crippen LogP contribution < -0.4 is 4.90 Å². The summed E-state index contributed by atoms with van der Waals surface area (Å²) < 4.78 is 55.5. The minimum Gasteiger partial charge on any atom is -0.368 e. The number of piperazine rings is 1. The quantitative estimate of drug-likeness (QED) is 0.390. The van der Waals surface area contributed by atoms with E-state index in [9.17, 15) is 22.0 Å². The van der Waals surface area contributed by atoms with Crippen LogP contribution in [-0.4, -0.2) is 50.0 Å². The Morgan fingerprint density at radius 2 is 1.50 bits per heavy atom. The maximum Gasteiger partial charge on any atom is 0.242 e. The number of amides is 1. The Balaban J connectivity index is 1.34. The Kier molecular flexibility index (Phi) is 6.49. The van der Waals surface area contributed by atoms with Crippen molar-refractivity contribution in [2.45, 2.75) is 17.2 Å². The smallest absolute Gasteiger partial charge is 0.242 e. The summed E-state index contributed by atoms with van der Waals surface area (Å²) in [5.41, 5.74) is 1.64. The third kappa shape index (κ3) is 4.83. The number of rotatable bonds is 6. The molecule has 0 aliphatic carbocycles. The summed E-state index contributed by atoms with van der Waals surface area (Å²) in [5.74, 6) is -1.44. The van der Waals surface area contributed by atoms with Gasteiger partial charge < -0.3 is 14.4 Å². The Morgan fingerprint density at radius 1 is 0.833 bits per heavy atom. The van der Waals surface area contributed by atoms with E-state index in [0.29, 0.717) is 37.1 Å². The fourth-order valence-electron chi connectivity index (χ4n) is 4.60. The van der Waals surface area contributed by atoms with E-state index < -0.39 is 21.4 Å². The SMILES string of the molecule is O=C(Cn1cc(S(=O)(=O)Cc2ccccc2F)c2ccccc21)N1CCN(c2ccc(F)cc2)CC1. The van der Waals surface area contributed by atoms with E-state index in [1.165, 1.54) is 36.5 Å². The molecule has 0 unspecified atom stereocenters. The molecule has 0 bridgehead atoms. The molecule has 1 aromatic heterocycles. The lowest BCUT2D eigenvalue weighted by Gasteiger charge is -2.36. The number of carbonyl (C=O) groups is 1. The lowest BCUT2D eigenvalue weighted by molar-refractivity contribution is -0.132. The van der Waals surface area contributed by atoms with Crippen LogP contribution in [0.25, 0.3) is 10.9 Å². The maximum atomic E-state index is 14.1. The molecule has 6 nitrogen and oxygen atoms in total. The number of anilines is 1. The molecule has 1 saturated heterocycles. The molecule has 0 spiro atoms. The van der Waals surface area contributed by atoms with Gasteiger partial charge in [-0.15, -0.1) is 0 Å². The molecule has 2 heterocycles. The summed E-state index contributed by atoms with van der Waals surface area (Å²) in [5, 5.41) is 0.503. The second kappa shape index (κ2) is 9.73. The first-order chi connectivity index (χ1) is 17.3. The van der Waals surface area contributed by atoms with Crippen molar-refractivity contribution in [3.05, 3.63) is 96.2 Å². The lowest BCUT2D eigenvalue weighted by Crippen LogP contribution is -2.49. The van der Waals surface area contributed by atoms with Crippen molar-refractivity contribution in [2.75, 3.05) is 31.1 Å². The lowest BCUT2D eigenvalue weighted by atomic mass is 10.2. The van der Waals surface area contributed by atoms with Crippen molar-refractivity contribution in [3.8, 4) is 0 Å². The third-order valence-electron chi connectivity index (χ3n) is 6.52. The van der Waals surface area contributed by atoms with Crippen LogP contribution in [0.1, 0.15) is 5.56 Å². The topological polar surface area (TPSA) is 62.6 Å². The van der Waals surface area contributed by atoms with Crippen LogP contribution >= 0.6 is 0 Å². The zero-order valence-electron chi connectivity index (χ0n) is 19.5. The van der Waals surface area contributed by atoms with Gasteiger partial charge in [0.1, 0.15) is 18.2 Å². The van der Waals surface area contributed by atoms with Gasteiger partial charge in [0.15, 0.2) is 9.84 Å². The number of fused-ring (bicyclic) bond motifs is 1. The van der Waals surface area contributed by atoms with Crippen molar-refractivity contribution < 1.29 is 22.0 Å². The molecule has 0 atom stereocenters. The number of hydrogen-bond donors (Lipinski definition) is 0. The van der Waals surface area contributed by atoms with E-state index in [0.717, 1.165) is 5.69 Å². The van der Waals surface area contributed by atoms with Gasteiger partial charge in [-0.25, -0.2) is 17.2 Å². The molecule has 1 aliphatic heterocycles. The first-order valence-electron chi connectivity index (χ1n) is 11.6. The zero-order chi connectivity index (χ0) is 25.3. The predicted octanol–water partition coefficient (Wildman–Crippen LogP) is 4.24. The first kappa shape index (κ1) is 24.0. The Labute approximate surface area is 208 Å². The molecule has 0 saturated carbocycles. The number of halogens is 2. The maximum absolute atomic E-state index is 14.1. The van der Waals surface area contributed by atoms with E-state index >= 15 is 0 Å². The summed E-state index contributed by atoms with van der Waals surface area (Å²) in [6, 6.07) is 19.1. The average Bonchev–Trinajstić information content (AvgIpc) is 3.25. The first-order valence-corrected chi connectivity index (χ1v) is 13.3. The van der Waals surface area contributed by atoms with Gasteiger partial charge in [0, 0.05) is 54.5 Å². The van der Waals surface area contributed by atoms with E-state index in [4.69, 9.17) is 0 Å². The van der Waals surface area contributed by atoms with Gasteiger partial charge in [0.25, 0.3) is 0 Å². The summed E-state index contributed by atoms with van der Waals surface area (Å²) in [6.07, 6.45) is 1.48. The molecule has 1 fully saturated rings. The van der Waals surface area contributed by atoms with Crippen molar-refractivity contribution in [1.82, 2.24) is 9.47 Å². The van der Waals surface area contributed by atoms with Gasteiger partial charge in [-0.1, -0.05) is 36.4 Å². The molecule has 1 amide bonds. The molecular formula is C27H25F2N3O3S. The predicted molar refractivity (Wildman–Crippen MR) is 134 cm³/mol. The highest BCUT2D eigenvalue weighted by Crippen LogP contribution is 2.29. The van der Waals surface area contributed by atoms with Gasteiger partial charge in [0.05, 0.1) is 10.6 Å². The number of hydrogen-bond acceptors (Lipinski definition) is 4. The van der Waals surface area contributed by atoms with Gasteiger partial charge in [0.2, 0.25) is 5.91 Å². The summed E-state index contributed by atoms with van der Waals surface area (Å²) in [7, 11) is -3.86. The van der Waals surface area contributed by atoms with Gasteiger partial charge in [-0.3, -0.25) is 4.79 Å². The number of aromatic nitrogens is 1. The van der Waals surface area contributed by atoms with Crippen LogP contribution in [0.15, 0.2) is 83.9 Å². The second-order valence-corrected chi connectivity index (χ2v) is 10.8. The highest BCUT2D eigenvalue weighted by molar-refractivity contribution is 7.90. The molecule has 4 aromatic rings. The van der Waals surface area contributed by atoms with Gasteiger partial charge in [-0.2, -0.15) is 0 Å². The van der Waals surface area contributed by atoms with Gasteiger partial charge >= 0.3 is 0 Å². The molecular weight excluding hydrogens is 484 g/mol. The average molecular weight is 510 g/mol. The van der Waals surface area contributed by atoms with Crippen LogP contribution in [0.5, 0.6) is 0 Å². The molecule has 0 N–H and O–H groups in total. The Morgan fingerprint density at radius 3 is 2.22 bits per heavy atom. The van der Waals surface area contributed by atoms with Crippen LogP contribution in [0.3, 0.4) is 0 Å². The number of benzene rings is 3. The summed E-state index contributed by atoms with van der Waals surface area (Å²) in [6.45, 7) is 2.24. The monoisotopic (exact) mass is 509 g/mol. The van der Waals surface area contributed by atoms with Crippen molar-refractivity contribution in [2.24, 2.45) is 0 Å². The van der Waals surface area contributed by atoms with Crippen LogP contribution in [0, 0.1) is 11.6 Å². The standard InChI is InChI=1S/C27H25F2N3O3S/c28-21-9-11-22(12-10-21)30-13-15-31(16-14-30)27(33)18-32-17-26(23-6-2-4-8-25(23)32)36(34,35)19-20-5-1-3-7-24(20)29/h1-12,17H,13-16,18-19H2. The van der Waals surface area contributed by atoms with Crippen LogP contribution in [0.4, 0.5) is 14.5 Å². The normalized spacial score (nSPS) is 14.4. The summed E-state index contributed by atoms with van der Waals surface area (Å²) in [4.78, 5) is 17.1. The van der Waals surface area contributed by atoms with E-state index in [1.807, 2.05) is 0 Å². The van der Waals surface area contributed by atoms with E-state index in [1.54, 1.807) is 51.9 Å². The number of sulfone groups is 1. The fourth-order valence-corrected chi connectivity index (χ4v) is 6.20. The Hall–Kier alpha value is -3.72. The van der Waals surface area contributed by atoms with Crippen molar-refractivity contribution >= 4 is 32.3 Å². The summed E-state index contributed by atoms with van der Waals surface area (Å²) >= 11 is 0. The highest BCUT2D eigenvalue weighted by atomic mass is 32.2. The van der Waals surface area contributed by atoms with E-state index in [-0.39, 0.29) is 28.7 Å². The number of para-hydroxylation sites is 1. The van der Waals surface area contributed by atoms with Crippen molar-refractivity contribution in [3.63, 3.8) is 0 Å². The molecule has 36 heavy (non-hydrogen) atoms. The van der Waals surface area contributed by atoms with Crippen molar-refractivity contribution in [1.29, 1.82) is 0 Å². The minimum atomic E-state index is -3.86.